The van der Waals surface area contributed by atoms with Crippen LogP contribution in [0.4, 0.5) is 11.8 Å². The van der Waals surface area contributed by atoms with Gasteiger partial charge in [-0.2, -0.15) is 0 Å². The van der Waals surface area contributed by atoms with Crippen LogP contribution in [0.1, 0.15) is 25.7 Å². The molecule has 94 valence electrons. The molecule has 1 spiro atoms. The van der Waals surface area contributed by atoms with Crippen molar-refractivity contribution in [3.63, 3.8) is 0 Å². The van der Waals surface area contributed by atoms with E-state index in [1.165, 1.54) is 25.7 Å². The van der Waals surface area contributed by atoms with Gasteiger partial charge in [-0.05, 0) is 31.1 Å². The highest BCUT2D eigenvalue weighted by Gasteiger charge is 2.46. The first-order chi connectivity index (χ1) is 8.77. The Hall–Kier alpha value is -1.85. The fourth-order valence-electron chi connectivity index (χ4n) is 3.01. The third kappa shape index (κ3) is 1.38. The largest absolute Gasteiger partial charge is 0.381 e. The molecule has 4 rings (SSSR count). The number of nitrogens with zero attached hydrogens (tertiary/aromatic N) is 5. The van der Waals surface area contributed by atoms with Gasteiger partial charge in [0.05, 0.1) is 0 Å². The highest BCUT2D eigenvalue weighted by molar-refractivity contribution is 5.61. The molecule has 2 N–H and O–H groups in total. The predicted octanol–water partition coefficient (Wildman–Crippen LogP) is 1.09. The molecule has 0 unspecified atom stereocenters. The molecule has 0 radical (unpaired) electrons. The third-order valence-electron chi connectivity index (χ3n) is 4.24. The Bertz CT molecular complexity index is 600. The molecule has 0 amide bonds. The average molecular weight is 244 g/mol. The van der Waals surface area contributed by atoms with E-state index in [9.17, 15) is 0 Å². The van der Waals surface area contributed by atoms with Crippen molar-refractivity contribution >= 4 is 17.4 Å². The summed E-state index contributed by atoms with van der Waals surface area (Å²) in [5.41, 5.74) is 7.04. The Morgan fingerprint density at radius 2 is 2.11 bits per heavy atom. The zero-order valence-electron chi connectivity index (χ0n) is 10.2. The number of nitrogens with two attached hydrogens (primary N) is 1. The van der Waals surface area contributed by atoms with E-state index in [4.69, 9.17) is 5.73 Å². The Kier molecular flexibility index (Phi) is 1.87. The fourth-order valence-corrected chi connectivity index (χ4v) is 3.01. The van der Waals surface area contributed by atoms with E-state index in [-0.39, 0.29) is 0 Å². The number of rotatable bonds is 1. The van der Waals surface area contributed by atoms with Gasteiger partial charge in [-0.3, -0.25) is 4.40 Å². The quantitative estimate of drug-likeness (QED) is 0.813. The van der Waals surface area contributed by atoms with Crippen LogP contribution in [0.25, 0.3) is 5.65 Å². The van der Waals surface area contributed by atoms with E-state index in [2.05, 4.69) is 20.1 Å². The SMILES string of the molecule is Nc1nccn2c(N3CCCC4(CC4)C3)nnc12. The lowest BCUT2D eigenvalue weighted by molar-refractivity contribution is 0.391. The molecule has 1 saturated heterocycles. The highest BCUT2D eigenvalue weighted by Crippen LogP contribution is 2.52. The van der Waals surface area contributed by atoms with Crippen molar-refractivity contribution in [3.05, 3.63) is 12.4 Å². The second kappa shape index (κ2) is 3.34. The first-order valence-corrected chi connectivity index (χ1v) is 6.48. The van der Waals surface area contributed by atoms with Crippen LogP contribution in [0.2, 0.25) is 0 Å². The van der Waals surface area contributed by atoms with Crippen LogP contribution in [0.15, 0.2) is 12.4 Å². The molecule has 1 saturated carbocycles. The summed E-state index contributed by atoms with van der Waals surface area (Å²) >= 11 is 0. The molecule has 0 atom stereocenters. The maximum absolute atomic E-state index is 5.81. The van der Waals surface area contributed by atoms with Crippen molar-refractivity contribution in [3.8, 4) is 0 Å². The number of aromatic nitrogens is 4. The van der Waals surface area contributed by atoms with Gasteiger partial charge in [-0.25, -0.2) is 4.98 Å². The zero-order chi connectivity index (χ0) is 12.2. The van der Waals surface area contributed by atoms with Gasteiger partial charge in [0.15, 0.2) is 5.82 Å². The number of hydrogen-bond donors (Lipinski definition) is 1. The van der Waals surface area contributed by atoms with Crippen LogP contribution < -0.4 is 10.6 Å². The molecule has 1 aliphatic heterocycles. The van der Waals surface area contributed by atoms with Crippen LogP contribution in [-0.4, -0.2) is 32.7 Å². The van der Waals surface area contributed by atoms with Crippen molar-refractivity contribution in [1.29, 1.82) is 0 Å². The van der Waals surface area contributed by atoms with Crippen LogP contribution >= 0.6 is 0 Å². The molecule has 0 aromatic carbocycles. The summed E-state index contributed by atoms with van der Waals surface area (Å²) in [4.78, 5) is 6.39. The van der Waals surface area contributed by atoms with Crippen LogP contribution in [0.3, 0.4) is 0 Å². The van der Waals surface area contributed by atoms with Gasteiger partial charge < -0.3 is 10.6 Å². The second-order valence-electron chi connectivity index (χ2n) is 5.53. The maximum Gasteiger partial charge on any atom is 0.231 e. The lowest BCUT2D eigenvalue weighted by atomic mass is 9.95. The van der Waals surface area contributed by atoms with E-state index in [1.54, 1.807) is 6.20 Å². The van der Waals surface area contributed by atoms with Gasteiger partial charge in [-0.15, -0.1) is 10.2 Å². The monoisotopic (exact) mass is 244 g/mol. The van der Waals surface area contributed by atoms with Gasteiger partial charge >= 0.3 is 0 Å². The molecule has 1 aliphatic carbocycles. The predicted molar refractivity (Wildman–Crippen MR) is 68.3 cm³/mol. The van der Waals surface area contributed by atoms with Gasteiger partial charge in [0.2, 0.25) is 11.6 Å². The van der Waals surface area contributed by atoms with Gasteiger partial charge in [0.1, 0.15) is 0 Å². The van der Waals surface area contributed by atoms with Gasteiger partial charge in [0.25, 0.3) is 0 Å². The molecule has 2 aromatic rings. The minimum Gasteiger partial charge on any atom is -0.381 e. The second-order valence-corrected chi connectivity index (χ2v) is 5.53. The van der Waals surface area contributed by atoms with E-state index in [0.29, 0.717) is 16.9 Å². The van der Waals surface area contributed by atoms with Gasteiger partial charge in [-0.1, -0.05) is 0 Å². The van der Waals surface area contributed by atoms with Crippen molar-refractivity contribution in [2.45, 2.75) is 25.7 Å². The molecular formula is C12H16N6. The summed E-state index contributed by atoms with van der Waals surface area (Å²) in [7, 11) is 0. The molecule has 2 fully saturated rings. The topological polar surface area (TPSA) is 72.3 Å². The standard InChI is InChI=1S/C12H16N6/c13-9-10-15-16-11(18(10)7-5-14-9)17-6-1-2-12(8-17)3-4-12/h5,7H,1-4,6,8H2,(H2,13,14). The fraction of sp³-hybridized carbons (Fsp3) is 0.583. The summed E-state index contributed by atoms with van der Waals surface area (Å²) < 4.78 is 1.95. The lowest BCUT2D eigenvalue weighted by Gasteiger charge is -2.32. The molecule has 6 nitrogen and oxygen atoms in total. The summed E-state index contributed by atoms with van der Waals surface area (Å²) in [5.74, 6) is 1.35. The minimum atomic E-state index is 0.439. The van der Waals surface area contributed by atoms with Crippen molar-refractivity contribution in [2.24, 2.45) is 5.41 Å². The Labute approximate surface area is 105 Å². The van der Waals surface area contributed by atoms with E-state index in [1.807, 2.05) is 10.6 Å². The van der Waals surface area contributed by atoms with E-state index in [0.717, 1.165) is 19.0 Å². The first-order valence-electron chi connectivity index (χ1n) is 6.48. The molecule has 18 heavy (non-hydrogen) atoms. The number of anilines is 2. The lowest BCUT2D eigenvalue weighted by Crippen LogP contribution is -2.37. The number of hydrogen-bond acceptors (Lipinski definition) is 5. The summed E-state index contributed by atoms with van der Waals surface area (Å²) in [6.45, 7) is 2.17. The maximum atomic E-state index is 5.81. The number of piperidine rings is 1. The highest BCUT2D eigenvalue weighted by atomic mass is 15.4. The Morgan fingerprint density at radius 1 is 1.22 bits per heavy atom. The van der Waals surface area contributed by atoms with Crippen LogP contribution in [-0.2, 0) is 0 Å². The Balaban J connectivity index is 1.76. The first kappa shape index (κ1) is 10.1. The smallest absolute Gasteiger partial charge is 0.231 e. The third-order valence-corrected chi connectivity index (χ3v) is 4.24. The molecule has 0 bridgehead atoms. The van der Waals surface area contributed by atoms with Crippen molar-refractivity contribution < 1.29 is 0 Å². The molecular weight excluding hydrogens is 228 g/mol. The Morgan fingerprint density at radius 3 is 2.94 bits per heavy atom. The van der Waals surface area contributed by atoms with E-state index < -0.39 is 0 Å². The summed E-state index contributed by atoms with van der Waals surface area (Å²) in [5, 5.41) is 8.44. The number of fused-ring (bicyclic) bond motifs is 1. The van der Waals surface area contributed by atoms with Gasteiger partial charge in [0, 0.05) is 25.5 Å². The summed E-state index contributed by atoms with van der Waals surface area (Å²) in [6, 6.07) is 0. The average Bonchev–Trinajstić information content (AvgIpc) is 2.97. The van der Waals surface area contributed by atoms with E-state index >= 15 is 0 Å². The summed E-state index contributed by atoms with van der Waals surface area (Å²) in [6.07, 6.45) is 8.93. The molecule has 2 aliphatic rings. The van der Waals surface area contributed by atoms with Crippen LogP contribution in [0.5, 0.6) is 0 Å². The minimum absolute atomic E-state index is 0.439. The zero-order valence-corrected chi connectivity index (χ0v) is 10.2. The molecule has 6 heteroatoms. The van der Waals surface area contributed by atoms with Crippen molar-refractivity contribution in [1.82, 2.24) is 19.6 Å². The van der Waals surface area contributed by atoms with Crippen LogP contribution in [0, 0.1) is 5.41 Å². The number of nitrogen functional groups attached to an aromatic ring is 1. The molecule has 3 heterocycles. The normalized spacial score (nSPS) is 21.7. The van der Waals surface area contributed by atoms with Crippen molar-refractivity contribution in [2.75, 3.05) is 23.7 Å². The molecule has 2 aromatic heterocycles.